The van der Waals surface area contributed by atoms with E-state index in [1.807, 2.05) is 31.2 Å². The van der Waals surface area contributed by atoms with E-state index in [9.17, 15) is 24.6 Å². The average Bonchev–Trinajstić information content (AvgIpc) is 2.92. The average molecular weight is 614 g/mol. The fourth-order valence-electron chi connectivity index (χ4n) is 5.67. The summed E-state index contributed by atoms with van der Waals surface area (Å²) in [6.07, 6.45) is 0.957. The number of esters is 1. The number of aldehydes is 1. The Kier molecular flexibility index (Phi) is 15.8. The second-order valence-corrected chi connectivity index (χ2v) is 11.6. The van der Waals surface area contributed by atoms with Gasteiger partial charge in [-0.3, -0.25) is 4.79 Å². The van der Waals surface area contributed by atoms with Crippen LogP contribution >= 0.6 is 0 Å². The molecule has 0 spiro atoms. The predicted octanol–water partition coefficient (Wildman–Crippen LogP) is 2.78. The second kappa shape index (κ2) is 18.5. The van der Waals surface area contributed by atoms with E-state index in [0.29, 0.717) is 19.3 Å². The van der Waals surface area contributed by atoms with Gasteiger partial charge in [0.05, 0.1) is 37.4 Å². The smallest absolute Gasteiger partial charge is 0.462 e. The Labute approximate surface area is 255 Å². The Balaban J connectivity index is 2.59. The van der Waals surface area contributed by atoms with Crippen molar-refractivity contribution in [1.29, 1.82) is 0 Å². The van der Waals surface area contributed by atoms with Crippen LogP contribution in [0.5, 0.6) is 0 Å². The number of hydrogen-bond donors (Lipinski definition) is 2. The third kappa shape index (κ3) is 11.3. The lowest BCUT2D eigenvalue weighted by Gasteiger charge is -2.46. The van der Waals surface area contributed by atoms with Gasteiger partial charge in [-0.25, -0.2) is 4.79 Å². The molecule has 2 aliphatic rings. The standard InChI is InChI=1S/C31H51NO11/c1-8-39-31(37)42-23-18-24(34)40-20(3)14-12-10-9-11-13-19(2)17-22(15-16-33)28(29(23)38-7)43-30-27(36)25(32(5)6)26(35)21(4)41-30/h9-12,16,19-23,25-30,35-36H,8,13-15,17-18H2,1-7H3/b11-9+,12-10+/t19-,20-,21-,22+,23-,25+,26-,27-,28+,29?,30+/m1/s1. The first-order valence-corrected chi connectivity index (χ1v) is 15.1. The normalized spacial score (nSPS) is 38.1. The van der Waals surface area contributed by atoms with Crippen molar-refractivity contribution in [2.45, 2.75) is 115 Å². The topological polar surface area (TPSA) is 150 Å². The summed E-state index contributed by atoms with van der Waals surface area (Å²) in [6.45, 7) is 7.15. The van der Waals surface area contributed by atoms with Gasteiger partial charge < -0.3 is 48.3 Å². The number of allylic oxidation sites excluding steroid dienone is 3. The Morgan fingerprint density at radius 2 is 1.77 bits per heavy atom. The maximum atomic E-state index is 13.1. The van der Waals surface area contributed by atoms with E-state index in [2.05, 4.69) is 0 Å². The highest BCUT2D eigenvalue weighted by molar-refractivity contribution is 5.71. The van der Waals surface area contributed by atoms with Crippen LogP contribution in [0, 0.1) is 11.8 Å². The van der Waals surface area contributed by atoms with Crippen LogP contribution in [0.4, 0.5) is 4.79 Å². The van der Waals surface area contributed by atoms with Crippen molar-refractivity contribution in [1.82, 2.24) is 4.90 Å². The van der Waals surface area contributed by atoms with Crippen LogP contribution in [-0.2, 0) is 38.0 Å². The summed E-state index contributed by atoms with van der Waals surface area (Å²) in [7, 11) is 4.84. The molecular weight excluding hydrogens is 562 g/mol. The molecule has 2 rings (SSSR count). The molecule has 12 nitrogen and oxygen atoms in total. The van der Waals surface area contributed by atoms with E-state index >= 15 is 0 Å². The maximum Gasteiger partial charge on any atom is 0.508 e. The molecule has 43 heavy (non-hydrogen) atoms. The number of carbonyl (C=O) groups is 3. The Morgan fingerprint density at radius 1 is 1.09 bits per heavy atom. The van der Waals surface area contributed by atoms with Crippen molar-refractivity contribution in [2.75, 3.05) is 27.8 Å². The largest absolute Gasteiger partial charge is 0.508 e. The number of likely N-dealkylation sites (N-methyl/N-ethyl adjacent to an activating group) is 1. The Morgan fingerprint density at radius 3 is 2.37 bits per heavy atom. The Hall–Kier alpha value is -2.35. The van der Waals surface area contributed by atoms with Crippen LogP contribution in [0.1, 0.15) is 59.8 Å². The van der Waals surface area contributed by atoms with E-state index in [0.717, 1.165) is 6.29 Å². The lowest BCUT2D eigenvalue weighted by Crippen LogP contribution is -2.63. The first-order chi connectivity index (χ1) is 20.4. The molecule has 2 N–H and O–H groups in total. The zero-order valence-corrected chi connectivity index (χ0v) is 26.5. The predicted molar refractivity (Wildman–Crippen MR) is 157 cm³/mol. The molecule has 11 atom stereocenters. The second-order valence-electron chi connectivity index (χ2n) is 11.6. The first kappa shape index (κ1) is 36.8. The number of nitrogens with zero attached hydrogens (tertiary/aromatic N) is 1. The molecule has 1 fully saturated rings. The number of ether oxygens (including phenoxy) is 6. The van der Waals surface area contributed by atoms with Gasteiger partial charge in [-0.05, 0) is 59.5 Å². The molecule has 246 valence electrons. The molecule has 0 aliphatic carbocycles. The highest BCUT2D eigenvalue weighted by atomic mass is 16.7. The molecule has 0 aromatic heterocycles. The molecule has 2 heterocycles. The van der Waals surface area contributed by atoms with Crippen LogP contribution < -0.4 is 0 Å². The van der Waals surface area contributed by atoms with Crippen molar-refractivity contribution in [3.05, 3.63) is 24.3 Å². The summed E-state index contributed by atoms with van der Waals surface area (Å²) in [5.74, 6) is -1.02. The van der Waals surface area contributed by atoms with Gasteiger partial charge in [-0.2, -0.15) is 0 Å². The summed E-state index contributed by atoms with van der Waals surface area (Å²) in [4.78, 5) is 39.3. The summed E-state index contributed by atoms with van der Waals surface area (Å²) in [5.41, 5.74) is 0. The number of hydrogen-bond acceptors (Lipinski definition) is 12. The van der Waals surface area contributed by atoms with Gasteiger partial charge in [-0.1, -0.05) is 31.2 Å². The van der Waals surface area contributed by atoms with E-state index in [1.165, 1.54) is 7.11 Å². The zero-order valence-electron chi connectivity index (χ0n) is 26.5. The van der Waals surface area contributed by atoms with Gasteiger partial charge in [0.15, 0.2) is 6.29 Å². The van der Waals surface area contributed by atoms with Gasteiger partial charge in [-0.15, -0.1) is 0 Å². The third-order valence-electron chi connectivity index (χ3n) is 7.83. The van der Waals surface area contributed by atoms with Crippen molar-refractivity contribution in [2.24, 2.45) is 11.8 Å². The fraction of sp³-hybridized carbons (Fsp3) is 0.774. The molecule has 2 aliphatic heterocycles. The summed E-state index contributed by atoms with van der Waals surface area (Å²) >= 11 is 0. The molecule has 0 aromatic rings. The minimum atomic E-state index is -1.28. The number of rotatable bonds is 8. The molecule has 12 heteroatoms. The minimum absolute atomic E-state index is 0.0456. The van der Waals surface area contributed by atoms with E-state index in [4.69, 9.17) is 28.4 Å². The molecular formula is C31H51NO11. The van der Waals surface area contributed by atoms with E-state index in [1.54, 1.807) is 39.8 Å². The SMILES string of the molecule is CCOC(=O)O[C@@H]1CC(=O)O[C@H](C)C/C=C/C=C/C[C@@H](C)C[C@H](CC=O)[C@H](O[C@@H]2O[C@H](C)[C@@H](O)[C@H](N(C)C)[C@H]2O)C1OC. The molecule has 0 amide bonds. The first-order valence-electron chi connectivity index (χ1n) is 15.1. The van der Waals surface area contributed by atoms with Gasteiger partial charge in [0.2, 0.25) is 0 Å². The van der Waals surface area contributed by atoms with Crippen molar-refractivity contribution in [3.63, 3.8) is 0 Å². The van der Waals surface area contributed by atoms with Crippen LogP contribution in [-0.4, -0.2) is 116 Å². The molecule has 1 unspecified atom stereocenters. The summed E-state index contributed by atoms with van der Waals surface area (Å²) in [5, 5.41) is 22.0. The van der Waals surface area contributed by atoms with Crippen LogP contribution in [0.15, 0.2) is 24.3 Å². The van der Waals surface area contributed by atoms with Gasteiger partial charge in [0.25, 0.3) is 0 Å². The third-order valence-corrected chi connectivity index (χ3v) is 7.83. The quantitative estimate of drug-likeness (QED) is 0.306. The molecule has 1 saturated heterocycles. The number of methoxy groups -OCH3 is 1. The summed E-state index contributed by atoms with van der Waals surface area (Å²) < 4.78 is 34.5. The van der Waals surface area contributed by atoms with Crippen molar-refractivity contribution in [3.8, 4) is 0 Å². The van der Waals surface area contributed by atoms with Gasteiger partial charge in [0, 0.05) is 20.0 Å². The molecule has 0 saturated carbocycles. The number of aliphatic hydroxyl groups excluding tert-OH is 2. The summed E-state index contributed by atoms with van der Waals surface area (Å²) in [6, 6.07) is -0.717. The highest BCUT2D eigenvalue weighted by Crippen LogP contribution is 2.33. The van der Waals surface area contributed by atoms with E-state index < -0.39 is 73.1 Å². The molecule has 0 aromatic carbocycles. The van der Waals surface area contributed by atoms with Crippen molar-refractivity contribution >= 4 is 18.4 Å². The van der Waals surface area contributed by atoms with Crippen LogP contribution in [0.2, 0.25) is 0 Å². The number of carbonyl (C=O) groups excluding carboxylic acids is 3. The van der Waals surface area contributed by atoms with Crippen molar-refractivity contribution < 1.29 is 53.0 Å². The number of cyclic esters (lactones) is 1. The van der Waals surface area contributed by atoms with Gasteiger partial charge in [0.1, 0.15) is 30.7 Å². The Bertz CT molecular complexity index is 925. The minimum Gasteiger partial charge on any atom is -0.462 e. The van der Waals surface area contributed by atoms with Crippen LogP contribution in [0.25, 0.3) is 0 Å². The van der Waals surface area contributed by atoms with E-state index in [-0.39, 0.29) is 25.4 Å². The molecule has 0 bridgehead atoms. The lowest BCUT2D eigenvalue weighted by atomic mass is 9.83. The zero-order chi connectivity index (χ0) is 32.1. The van der Waals surface area contributed by atoms with Gasteiger partial charge >= 0.3 is 12.1 Å². The number of aliphatic hydroxyl groups is 2. The van der Waals surface area contributed by atoms with Crippen LogP contribution in [0.3, 0.4) is 0 Å². The fourth-order valence-corrected chi connectivity index (χ4v) is 5.67. The monoisotopic (exact) mass is 613 g/mol. The lowest BCUT2D eigenvalue weighted by molar-refractivity contribution is -0.309. The molecule has 0 radical (unpaired) electrons. The maximum absolute atomic E-state index is 13.1. The highest BCUT2D eigenvalue weighted by Gasteiger charge is 2.48.